The highest BCUT2D eigenvalue weighted by atomic mass is 19.1. The average molecular weight is 355 g/mol. The molecule has 26 heavy (non-hydrogen) atoms. The summed E-state index contributed by atoms with van der Waals surface area (Å²) in [4.78, 5) is 12.2. The van der Waals surface area contributed by atoms with E-state index in [1.165, 1.54) is 19.1 Å². The molecule has 0 aliphatic carbocycles. The van der Waals surface area contributed by atoms with Gasteiger partial charge in [0.2, 0.25) is 0 Å². The number of methoxy groups -OCH3 is 1. The van der Waals surface area contributed by atoms with E-state index in [4.69, 9.17) is 4.74 Å². The topological polar surface area (TPSA) is 58.6 Å². The summed E-state index contributed by atoms with van der Waals surface area (Å²) in [7, 11) is 1.55. The van der Waals surface area contributed by atoms with E-state index >= 15 is 0 Å². The SMILES string of the molecule is COc1ccc(C(C)=O)c(/C(=C2\NCCCC2O)c2cccc(F)c2)c1. The Morgan fingerprint density at radius 2 is 2.04 bits per heavy atom. The molecular weight excluding hydrogens is 333 g/mol. The Bertz CT molecular complexity index is 860. The van der Waals surface area contributed by atoms with Crippen LogP contribution in [0.3, 0.4) is 0 Å². The van der Waals surface area contributed by atoms with Gasteiger partial charge in [-0.05, 0) is 61.2 Å². The summed E-state index contributed by atoms with van der Waals surface area (Å²) in [5.41, 5.74) is 2.95. The second-order valence-electron chi connectivity index (χ2n) is 6.35. The first-order valence-electron chi connectivity index (χ1n) is 8.62. The van der Waals surface area contributed by atoms with E-state index in [0.29, 0.717) is 46.7 Å². The van der Waals surface area contributed by atoms with Crippen molar-refractivity contribution in [1.29, 1.82) is 0 Å². The van der Waals surface area contributed by atoms with Gasteiger partial charge in [0.15, 0.2) is 5.78 Å². The quantitative estimate of drug-likeness (QED) is 0.824. The van der Waals surface area contributed by atoms with E-state index in [1.54, 1.807) is 37.4 Å². The minimum Gasteiger partial charge on any atom is -0.497 e. The van der Waals surface area contributed by atoms with Gasteiger partial charge in [0.05, 0.1) is 13.2 Å². The van der Waals surface area contributed by atoms with Crippen LogP contribution in [0.2, 0.25) is 0 Å². The maximum Gasteiger partial charge on any atom is 0.160 e. The fraction of sp³-hybridized carbons (Fsp3) is 0.286. The largest absolute Gasteiger partial charge is 0.497 e. The van der Waals surface area contributed by atoms with E-state index in [9.17, 15) is 14.3 Å². The first-order chi connectivity index (χ1) is 12.5. The summed E-state index contributed by atoms with van der Waals surface area (Å²) >= 11 is 0. The van der Waals surface area contributed by atoms with Gasteiger partial charge in [-0.1, -0.05) is 12.1 Å². The number of ketones is 1. The lowest BCUT2D eigenvalue weighted by Crippen LogP contribution is -2.32. The fourth-order valence-electron chi connectivity index (χ4n) is 3.30. The number of piperidine rings is 1. The smallest absolute Gasteiger partial charge is 0.160 e. The van der Waals surface area contributed by atoms with Crippen molar-refractivity contribution in [2.75, 3.05) is 13.7 Å². The molecule has 0 bridgehead atoms. The number of carbonyl (C=O) groups excluding carboxylic acids is 1. The van der Waals surface area contributed by atoms with Crippen LogP contribution in [0.25, 0.3) is 5.57 Å². The Hall–Kier alpha value is -2.66. The van der Waals surface area contributed by atoms with Crippen LogP contribution < -0.4 is 10.1 Å². The number of benzene rings is 2. The summed E-state index contributed by atoms with van der Waals surface area (Å²) in [6.45, 7) is 2.20. The second-order valence-corrected chi connectivity index (χ2v) is 6.35. The molecule has 2 aromatic carbocycles. The van der Waals surface area contributed by atoms with Crippen LogP contribution in [0.5, 0.6) is 5.75 Å². The molecule has 2 aromatic rings. The highest BCUT2D eigenvalue weighted by Crippen LogP contribution is 2.34. The van der Waals surface area contributed by atoms with Gasteiger partial charge in [-0.2, -0.15) is 0 Å². The van der Waals surface area contributed by atoms with E-state index in [-0.39, 0.29) is 11.6 Å². The Morgan fingerprint density at radius 3 is 2.69 bits per heavy atom. The molecule has 0 radical (unpaired) electrons. The van der Waals surface area contributed by atoms with Gasteiger partial charge in [0.1, 0.15) is 11.6 Å². The summed E-state index contributed by atoms with van der Waals surface area (Å²) in [6, 6.07) is 11.4. The van der Waals surface area contributed by atoms with E-state index in [1.807, 2.05) is 0 Å². The van der Waals surface area contributed by atoms with Crippen molar-refractivity contribution in [2.45, 2.75) is 25.9 Å². The second kappa shape index (κ2) is 7.70. The molecule has 1 fully saturated rings. The number of aliphatic hydroxyl groups is 1. The first kappa shape index (κ1) is 18.1. The van der Waals surface area contributed by atoms with Gasteiger partial charge in [-0.25, -0.2) is 4.39 Å². The van der Waals surface area contributed by atoms with E-state index in [2.05, 4.69) is 5.32 Å². The summed E-state index contributed by atoms with van der Waals surface area (Å²) < 4.78 is 19.2. The summed E-state index contributed by atoms with van der Waals surface area (Å²) in [6.07, 6.45) is 0.757. The summed E-state index contributed by atoms with van der Waals surface area (Å²) in [5, 5.41) is 13.8. The van der Waals surface area contributed by atoms with Crippen LogP contribution in [-0.4, -0.2) is 30.6 Å². The van der Waals surface area contributed by atoms with Gasteiger partial charge in [-0.3, -0.25) is 4.79 Å². The average Bonchev–Trinajstić information content (AvgIpc) is 2.63. The van der Waals surface area contributed by atoms with Crippen molar-refractivity contribution >= 4 is 11.4 Å². The maximum absolute atomic E-state index is 13.9. The lowest BCUT2D eigenvalue weighted by Gasteiger charge is -2.27. The minimum atomic E-state index is -0.701. The number of hydrogen-bond donors (Lipinski definition) is 2. The number of rotatable bonds is 4. The van der Waals surface area contributed by atoms with Gasteiger partial charge in [-0.15, -0.1) is 0 Å². The number of carbonyl (C=O) groups is 1. The van der Waals surface area contributed by atoms with Crippen molar-refractivity contribution in [1.82, 2.24) is 5.32 Å². The van der Waals surface area contributed by atoms with Crippen LogP contribution in [-0.2, 0) is 0 Å². The zero-order valence-electron chi connectivity index (χ0n) is 14.9. The monoisotopic (exact) mass is 355 g/mol. The molecule has 0 amide bonds. The van der Waals surface area contributed by atoms with Crippen LogP contribution >= 0.6 is 0 Å². The van der Waals surface area contributed by atoms with Crippen LogP contribution in [0.1, 0.15) is 41.3 Å². The standard InChI is InChI=1S/C21H22FNO3/c1-13(24)17-9-8-16(26-2)12-18(17)20(14-5-3-6-15(22)11-14)21-19(25)7-4-10-23-21/h3,5-6,8-9,11-12,19,23,25H,4,7,10H2,1-2H3/b21-20-. The lowest BCUT2D eigenvalue weighted by molar-refractivity contribution is 0.101. The van der Waals surface area contributed by atoms with Crippen LogP contribution in [0.15, 0.2) is 48.2 Å². The number of halogens is 1. The van der Waals surface area contributed by atoms with Crippen molar-refractivity contribution in [3.63, 3.8) is 0 Å². The lowest BCUT2D eigenvalue weighted by atomic mass is 9.87. The molecule has 0 aromatic heterocycles. The third-order valence-electron chi connectivity index (χ3n) is 4.56. The van der Waals surface area contributed by atoms with Gasteiger partial charge in [0.25, 0.3) is 0 Å². The molecular formula is C21H22FNO3. The zero-order valence-corrected chi connectivity index (χ0v) is 14.9. The predicted molar refractivity (Wildman–Crippen MR) is 98.7 cm³/mol. The first-order valence-corrected chi connectivity index (χ1v) is 8.62. The third kappa shape index (κ3) is 3.63. The molecule has 1 aliphatic heterocycles. The van der Waals surface area contributed by atoms with Crippen molar-refractivity contribution in [3.05, 3.63) is 70.7 Å². The Labute approximate surface area is 152 Å². The van der Waals surface area contributed by atoms with Gasteiger partial charge >= 0.3 is 0 Å². The van der Waals surface area contributed by atoms with Crippen molar-refractivity contribution in [2.24, 2.45) is 0 Å². The molecule has 136 valence electrons. The number of ether oxygens (including phenoxy) is 1. The molecule has 1 atom stereocenters. The van der Waals surface area contributed by atoms with Crippen molar-refractivity contribution < 1.29 is 19.0 Å². The van der Waals surface area contributed by atoms with E-state index < -0.39 is 6.10 Å². The molecule has 0 saturated carbocycles. The molecule has 3 rings (SSSR count). The highest BCUT2D eigenvalue weighted by Gasteiger charge is 2.24. The molecule has 1 unspecified atom stereocenters. The predicted octanol–water partition coefficient (Wildman–Crippen LogP) is 3.54. The zero-order chi connectivity index (χ0) is 18.7. The third-order valence-corrected chi connectivity index (χ3v) is 4.56. The van der Waals surface area contributed by atoms with Gasteiger partial charge < -0.3 is 15.2 Å². The van der Waals surface area contributed by atoms with Gasteiger partial charge in [0, 0.05) is 23.4 Å². The van der Waals surface area contributed by atoms with E-state index in [0.717, 1.165) is 6.42 Å². The normalized spacial score (nSPS) is 18.8. The van der Waals surface area contributed by atoms with Crippen LogP contribution in [0.4, 0.5) is 4.39 Å². The van der Waals surface area contributed by atoms with Crippen LogP contribution in [0, 0.1) is 5.82 Å². The Kier molecular flexibility index (Phi) is 5.38. The fourth-order valence-corrected chi connectivity index (χ4v) is 3.30. The Morgan fingerprint density at radius 1 is 1.23 bits per heavy atom. The molecule has 0 spiro atoms. The summed E-state index contributed by atoms with van der Waals surface area (Å²) in [5.74, 6) is 0.102. The number of Topliss-reactive ketones (excluding diaryl/α,β-unsaturated/α-hetero) is 1. The van der Waals surface area contributed by atoms with Crippen molar-refractivity contribution in [3.8, 4) is 5.75 Å². The molecule has 1 aliphatic rings. The number of hydrogen-bond acceptors (Lipinski definition) is 4. The number of nitrogens with one attached hydrogen (secondary N) is 1. The Balaban J connectivity index is 2.32. The maximum atomic E-state index is 13.9. The highest BCUT2D eigenvalue weighted by molar-refractivity contribution is 6.01. The molecule has 1 heterocycles. The number of aliphatic hydroxyl groups excluding tert-OH is 1. The molecule has 5 heteroatoms. The minimum absolute atomic E-state index is 0.109. The molecule has 1 saturated heterocycles. The molecule has 2 N–H and O–H groups in total. The molecule has 4 nitrogen and oxygen atoms in total.